The van der Waals surface area contributed by atoms with Crippen LogP contribution in [0.4, 0.5) is 0 Å². The molecule has 0 aliphatic carbocycles. The van der Waals surface area contributed by atoms with E-state index in [1.54, 1.807) is 6.92 Å². The molecule has 6 nitrogen and oxygen atoms in total. The van der Waals surface area contributed by atoms with E-state index in [2.05, 4.69) is 12.2 Å². The summed E-state index contributed by atoms with van der Waals surface area (Å²) < 4.78 is 10.4. The Morgan fingerprint density at radius 2 is 1.86 bits per heavy atom. The molecule has 0 rings (SSSR count). The van der Waals surface area contributed by atoms with Crippen molar-refractivity contribution in [3.63, 3.8) is 0 Å². The summed E-state index contributed by atoms with van der Waals surface area (Å²) in [5, 5.41) is 2.62. The Bertz CT molecular complexity index is 297. The zero-order valence-electron chi connectivity index (χ0n) is 13.5. The highest BCUT2D eigenvalue weighted by Gasteiger charge is 2.27. The predicted octanol–water partition coefficient (Wildman–Crippen LogP) is 1.37. The van der Waals surface area contributed by atoms with Crippen molar-refractivity contribution in [2.45, 2.75) is 64.6 Å². The standard InChI is InChI=1S/C15H30N2O4/c1-4-5-6-7-8-9-13(18)21-12(2)14(20-3)15(19)17-11-10-16/h12,14H,4-11,16H2,1-3H3,(H,17,19). The van der Waals surface area contributed by atoms with Gasteiger partial charge in [-0.1, -0.05) is 32.6 Å². The monoisotopic (exact) mass is 302 g/mol. The van der Waals surface area contributed by atoms with Crippen LogP contribution in [0.2, 0.25) is 0 Å². The highest BCUT2D eigenvalue weighted by Crippen LogP contribution is 2.09. The van der Waals surface area contributed by atoms with E-state index in [9.17, 15) is 9.59 Å². The van der Waals surface area contributed by atoms with Crippen molar-refractivity contribution in [2.75, 3.05) is 20.2 Å². The van der Waals surface area contributed by atoms with E-state index in [1.807, 2.05) is 0 Å². The summed E-state index contributed by atoms with van der Waals surface area (Å²) in [4.78, 5) is 23.5. The molecule has 0 spiro atoms. The van der Waals surface area contributed by atoms with Gasteiger partial charge in [-0.05, 0) is 13.3 Å². The fourth-order valence-corrected chi connectivity index (χ4v) is 2.01. The molecule has 2 unspecified atom stereocenters. The Morgan fingerprint density at radius 1 is 1.19 bits per heavy atom. The summed E-state index contributed by atoms with van der Waals surface area (Å²) in [6.07, 6.45) is 4.32. The van der Waals surface area contributed by atoms with Crippen molar-refractivity contribution < 1.29 is 19.1 Å². The summed E-state index contributed by atoms with van der Waals surface area (Å²) in [5.74, 6) is -0.598. The molecule has 0 bridgehead atoms. The third kappa shape index (κ3) is 9.42. The van der Waals surface area contributed by atoms with Crippen LogP contribution in [0.25, 0.3) is 0 Å². The maximum atomic E-state index is 11.8. The van der Waals surface area contributed by atoms with Crippen LogP contribution in [0.5, 0.6) is 0 Å². The smallest absolute Gasteiger partial charge is 0.306 e. The minimum Gasteiger partial charge on any atom is -0.459 e. The van der Waals surface area contributed by atoms with Gasteiger partial charge in [-0.15, -0.1) is 0 Å². The molecule has 0 aliphatic rings. The third-order valence-corrected chi connectivity index (χ3v) is 3.18. The molecule has 0 aromatic carbocycles. The van der Waals surface area contributed by atoms with Crippen LogP contribution >= 0.6 is 0 Å². The second-order valence-electron chi connectivity index (χ2n) is 5.10. The van der Waals surface area contributed by atoms with Crippen molar-refractivity contribution in [1.29, 1.82) is 0 Å². The number of hydrogen-bond acceptors (Lipinski definition) is 5. The van der Waals surface area contributed by atoms with Crippen molar-refractivity contribution in [3.05, 3.63) is 0 Å². The van der Waals surface area contributed by atoms with E-state index in [4.69, 9.17) is 15.2 Å². The summed E-state index contributed by atoms with van der Waals surface area (Å²) in [6.45, 7) is 4.53. The lowest BCUT2D eigenvalue weighted by molar-refractivity contribution is -0.159. The number of carbonyl (C=O) groups is 2. The van der Waals surface area contributed by atoms with Crippen molar-refractivity contribution in [3.8, 4) is 0 Å². The second kappa shape index (κ2) is 12.6. The minimum atomic E-state index is -0.805. The fourth-order valence-electron chi connectivity index (χ4n) is 2.01. The maximum absolute atomic E-state index is 11.8. The third-order valence-electron chi connectivity index (χ3n) is 3.18. The SMILES string of the molecule is CCCCCCCC(=O)OC(C)C(OC)C(=O)NCCN. The van der Waals surface area contributed by atoms with Crippen LogP contribution in [-0.4, -0.2) is 44.3 Å². The molecular weight excluding hydrogens is 272 g/mol. The zero-order valence-corrected chi connectivity index (χ0v) is 13.5. The van der Waals surface area contributed by atoms with Crippen molar-refractivity contribution in [1.82, 2.24) is 5.32 Å². The van der Waals surface area contributed by atoms with Gasteiger partial charge in [-0.3, -0.25) is 9.59 Å². The number of hydrogen-bond donors (Lipinski definition) is 2. The van der Waals surface area contributed by atoms with E-state index < -0.39 is 12.2 Å². The molecule has 0 fully saturated rings. The lowest BCUT2D eigenvalue weighted by Gasteiger charge is -2.22. The van der Waals surface area contributed by atoms with Gasteiger partial charge in [0.25, 0.3) is 5.91 Å². The Labute approximate surface area is 127 Å². The molecule has 0 saturated carbocycles. The Morgan fingerprint density at radius 3 is 2.43 bits per heavy atom. The van der Waals surface area contributed by atoms with Gasteiger partial charge in [0.1, 0.15) is 6.10 Å². The number of nitrogens with one attached hydrogen (secondary N) is 1. The van der Waals surface area contributed by atoms with Crippen LogP contribution in [0.3, 0.4) is 0 Å². The number of unbranched alkanes of at least 4 members (excludes halogenated alkanes) is 4. The second-order valence-corrected chi connectivity index (χ2v) is 5.10. The zero-order chi connectivity index (χ0) is 16.1. The van der Waals surface area contributed by atoms with Gasteiger partial charge in [-0.2, -0.15) is 0 Å². The number of nitrogens with two attached hydrogens (primary N) is 1. The van der Waals surface area contributed by atoms with Crippen LogP contribution in [0.1, 0.15) is 52.4 Å². The number of methoxy groups -OCH3 is 1. The van der Waals surface area contributed by atoms with Gasteiger partial charge < -0.3 is 20.5 Å². The molecule has 0 aliphatic heterocycles. The topological polar surface area (TPSA) is 90.6 Å². The first kappa shape index (κ1) is 19.9. The lowest BCUT2D eigenvalue weighted by Crippen LogP contribution is -2.45. The van der Waals surface area contributed by atoms with Crippen LogP contribution < -0.4 is 11.1 Å². The van der Waals surface area contributed by atoms with E-state index >= 15 is 0 Å². The molecule has 2 atom stereocenters. The number of esters is 1. The fraction of sp³-hybridized carbons (Fsp3) is 0.867. The molecule has 124 valence electrons. The van der Waals surface area contributed by atoms with E-state index in [-0.39, 0.29) is 11.9 Å². The number of amides is 1. The van der Waals surface area contributed by atoms with Gasteiger partial charge in [0.05, 0.1) is 0 Å². The van der Waals surface area contributed by atoms with Gasteiger partial charge in [0.15, 0.2) is 6.10 Å². The Kier molecular flexibility index (Phi) is 11.9. The first-order chi connectivity index (χ1) is 10.1. The van der Waals surface area contributed by atoms with Gasteiger partial charge in [0.2, 0.25) is 0 Å². The quantitative estimate of drug-likeness (QED) is 0.420. The number of ether oxygens (including phenoxy) is 2. The predicted molar refractivity (Wildman–Crippen MR) is 81.8 cm³/mol. The molecule has 3 N–H and O–H groups in total. The summed E-state index contributed by atoms with van der Waals surface area (Å²) in [6, 6.07) is 0. The van der Waals surface area contributed by atoms with Crippen molar-refractivity contribution in [2.24, 2.45) is 5.73 Å². The first-order valence-corrected chi connectivity index (χ1v) is 7.76. The number of rotatable bonds is 12. The van der Waals surface area contributed by atoms with E-state index in [1.165, 1.54) is 20.0 Å². The maximum Gasteiger partial charge on any atom is 0.306 e. The Balaban J connectivity index is 4.03. The summed E-state index contributed by atoms with van der Waals surface area (Å²) in [5.41, 5.74) is 5.32. The number of carbonyl (C=O) groups excluding carboxylic acids is 2. The van der Waals surface area contributed by atoms with Crippen LogP contribution in [0.15, 0.2) is 0 Å². The first-order valence-electron chi connectivity index (χ1n) is 7.76. The molecule has 0 aromatic heterocycles. The van der Waals surface area contributed by atoms with Crippen LogP contribution in [0, 0.1) is 0 Å². The normalized spacial score (nSPS) is 13.5. The summed E-state index contributed by atoms with van der Waals surface area (Å²) in [7, 11) is 1.42. The highest BCUT2D eigenvalue weighted by atomic mass is 16.6. The van der Waals surface area contributed by atoms with Gasteiger partial charge in [-0.25, -0.2) is 0 Å². The molecule has 0 aromatic rings. The Hall–Kier alpha value is -1.14. The molecule has 0 heterocycles. The van der Waals surface area contributed by atoms with E-state index in [0.29, 0.717) is 19.5 Å². The lowest BCUT2D eigenvalue weighted by atomic mass is 10.1. The molecule has 0 radical (unpaired) electrons. The average Bonchev–Trinajstić information content (AvgIpc) is 2.45. The largest absolute Gasteiger partial charge is 0.459 e. The highest BCUT2D eigenvalue weighted by molar-refractivity contribution is 5.82. The van der Waals surface area contributed by atoms with E-state index in [0.717, 1.165) is 19.3 Å². The minimum absolute atomic E-state index is 0.285. The van der Waals surface area contributed by atoms with Gasteiger partial charge >= 0.3 is 5.97 Å². The van der Waals surface area contributed by atoms with Gasteiger partial charge in [0, 0.05) is 26.6 Å². The molecule has 1 amide bonds. The average molecular weight is 302 g/mol. The van der Waals surface area contributed by atoms with Crippen LogP contribution in [-0.2, 0) is 19.1 Å². The van der Waals surface area contributed by atoms with Crippen molar-refractivity contribution >= 4 is 11.9 Å². The molecule has 0 saturated heterocycles. The molecule has 21 heavy (non-hydrogen) atoms. The summed E-state index contributed by atoms with van der Waals surface area (Å²) >= 11 is 0. The molecule has 6 heteroatoms. The molecular formula is C15H30N2O4.